The fourth-order valence-electron chi connectivity index (χ4n) is 6.06. The Bertz CT molecular complexity index is 604. The summed E-state index contributed by atoms with van der Waals surface area (Å²) < 4.78 is 10.9. The maximum atomic E-state index is 12.4. The van der Waals surface area contributed by atoms with Crippen LogP contribution in [0.1, 0.15) is 58.8 Å². The molecule has 0 saturated heterocycles. The van der Waals surface area contributed by atoms with E-state index in [1.807, 2.05) is 0 Å². The van der Waals surface area contributed by atoms with Gasteiger partial charge in [-0.25, -0.2) is 0 Å². The van der Waals surface area contributed by atoms with Crippen molar-refractivity contribution in [1.29, 1.82) is 0 Å². The molecule has 0 aliphatic heterocycles. The van der Waals surface area contributed by atoms with Crippen molar-refractivity contribution in [3.05, 3.63) is 23.3 Å². The van der Waals surface area contributed by atoms with Crippen LogP contribution in [0.15, 0.2) is 23.3 Å². The van der Waals surface area contributed by atoms with Gasteiger partial charge in [0.15, 0.2) is 0 Å². The van der Waals surface area contributed by atoms with Crippen LogP contribution in [-0.2, 0) is 14.3 Å². The molecule has 3 heteroatoms. The Balaban J connectivity index is 1.62. The molecule has 4 aliphatic carbocycles. The van der Waals surface area contributed by atoms with Gasteiger partial charge in [0.25, 0.3) is 0 Å². The minimum Gasteiger partial charge on any atom is -0.359 e. The van der Waals surface area contributed by atoms with Gasteiger partial charge in [-0.3, -0.25) is 4.79 Å². The number of hydrogen-bond donors (Lipinski definition) is 0. The summed E-state index contributed by atoms with van der Waals surface area (Å²) >= 11 is 0. The van der Waals surface area contributed by atoms with Crippen LogP contribution in [0.25, 0.3) is 0 Å². The van der Waals surface area contributed by atoms with Crippen LogP contribution in [0.4, 0.5) is 0 Å². The third-order valence-corrected chi connectivity index (χ3v) is 7.66. The number of allylic oxidation sites excluding steroid dienone is 3. The number of carbonyl (C=O) groups excluding carboxylic acids is 1. The zero-order valence-corrected chi connectivity index (χ0v) is 15.3. The van der Waals surface area contributed by atoms with Crippen LogP contribution in [0, 0.1) is 22.7 Å². The monoisotopic (exact) mass is 330 g/mol. The van der Waals surface area contributed by atoms with E-state index >= 15 is 0 Å². The predicted molar refractivity (Wildman–Crippen MR) is 93.4 cm³/mol. The lowest BCUT2D eigenvalue weighted by molar-refractivity contribution is -0.127. The fourth-order valence-corrected chi connectivity index (χ4v) is 6.06. The maximum Gasteiger partial charge on any atom is 0.146 e. The normalized spacial score (nSPS) is 44.3. The summed E-state index contributed by atoms with van der Waals surface area (Å²) in [5.74, 6) is 1.62. The smallest absolute Gasteiger partial charge is 0.146 e. The molecule has 4 aliphatic rings. The van der Waals surface area contributed by atoms with E-state index in [2.05, 4.69) is 26.0 Å². The van der Waals surface area contributed by atoms with E-state index in [0.29, 0.717) is 30.5 Å². The van der Waals surface area contributed by atoms with Gasteiger partial charge in [0.2, 0.25) is 0 Å². The van der Waals surface area contributed by atoms with Crippen molar-refractivity contribution in [3.8, 4) is 0 Å². The molecular weight excluding hydrogens is 300 g/mol. The Labute approximate surface area is 145 Å². The second kappa shape index (κ2) is 5.81. The molecule has 0 aromatic heterocycles. The number of fused-ring (bicyclic) bond motifs is 5. The number of Topliss-reactive ketones (excluding diaryl/α,β-unsaturated/α-hetero) is 1. The Morgan fingerprint density at radius 2 is 1.83 bits per heavy atom. The summed E-state index contributed by atoms with van der Waals surface area (Å²) in [6.45, 7) is 5.07. The molecule has 0 amide bonds. The molecule has 24 heavy (non-hydrogen) atoms. The molecule has 0 bridgehead atoms. The molecule has 0 spiro atoms. The molecule has 0 radical (unpaired) electrons. The highest BCUT2D eigenvalue weighted by Gasteiger charge is 2.56. The third-order valence-electron chi connectivity index (χ3n) is 7.66. The molecule has 1 unspecified atom stereocenters. The van der Waals surface area contributed by atoms with Crippen molar-refractivity contribution >= 4 is 5.78 Å². The van der Waals surface area contributed by atoms with E-state index in [4.69, 9.17) is 9.47 Å². The summed E-state index contributed by atoms with van der Waals surface area (Å²) in [5.41, 5.74) is 3.32. The van der Waals surface area contributed by atoms with Crippen molar-refractivity contribution in [2.45, 2.75) is 64.9 Å². The molecule has 0 heterocycles. The summed E-state index contributed by atoms with van der Waals surface area (Å²) in [7, 11) is 1.68. The third kappa shape index (κ3) is 2.28. The second-order valence-electron chi connectivity index (χ2n) is 8.74. The SMILES string of the molecule is COCOC1CC[C@@]2(C)C(=CC=C3[C@@H]2CC[C@]2(C)C(=O)CC[C@@H]32)C1. The van der Waals surface area contributed by atoms with E-state index in [9.17, 15) is 4.79 Å². The summed E-state index contributed by atoms with van der Waals surface area (Å²) in [6, 6.07) is 0. The highest BCUT2D eigenvalue weighted by Crippen LogP contribution is 2.62. The second-order valence-corrected chi connectivity index (χ2v) is 8.74. The topological polar surface area (TPSA) is 35.5 Å². The standard InChI is InChI=1S/C21H30O3/c1-20-10-8-15(24-13-23-3)12-14(20)4-5-16-17-6-7-19(22)21(17,2)11-9-18(16)20/h4-5,15,17-18H,6-13H2,1-3H3/t15?,17-,18-,20-,21-/m0/s1. The van der Waals surface area contributed by atoms with Crippen LogP contribution in [0.2, 0.25) is 0 Å². The first-order valence-electron chi connectivity index (χ1n) is 9.54. The average molecular weight is 330 g/mol. The summed E-state index contributed by atoms with van der Waals surface area (Å²) in [5, 5.41) is 0. The van der Waals surface area contributed by atoms with Crippen LogP contribution >= 0.6 is 0 Å². The van der Waals surface area contributed by atoms with Gasteiger partial charge in [-0.05, 0) is 55.8 Å². The van der Waals surface area contributed by atoms with E-state index in [-0.39, 0.29) is 10.8 Å². The average Bonchev–Trinajstić information content (AvgIpc) is 2.88. The van der Waals surface area contributed by atoms with Crippen LogP contribution in [-0.4, -0.2) is 25.8 Å². The maximum absolute atomic E-state index is 12.4. The summed E-state index contributed by atoms with van der Waals surface area (Å²) in [4.78, 5) is 12.4. The number of ether oxygens (including phenoxy) is 2. The van der Waals surface area contributed by atoms with E-state index in [1.165, 1.54) is 12.8 Å². The Morgan fingerprint density at radius 1 is 1.08 bits per heavy atom. The Hall–Kier alpha value is -0.930. The van der Waals surface area contributed by atoms with Gasteiger partial charge in [-0.1, -0.05) is 37.1 Å². The van der Waals surface area contributed by atoms with Crippen LogP contribution in [0.3, 0.4) is 0 Å². The van der Waals surface area contributed by atoms with E-state index in [1.54, 1.807) is 18.3 Å². The minimum absolute atomic E-state index is 0.0805. The molecule has 3 nitrogen and oxygen atoms in total. The number of rotatable bonds is 3. The van der Waals surface area contributed by atoms with Crippen LogP contribution < -0.4 is 0 Å². The lowest BCUT2D eigenvalue weighted by atomic mass is 9.51. The molecule has 5 atom stereocenters. The molecule has 0 N–H and O–H groups in total. The molecule has 4 rings (SSSR count). The first-order valence-corrected chi connectivity index (χ1v) is 9.54. The molecule has 132 valence electrons. The van der Waals surface area contributed by atoms with Gasteiger partial charge >= 0.3 is 0 Å². The van der Waals surface area contributed by atoms with Crippen molar-refractivity contribution in [3.63, 3.8) is 0 Å². The number of ketones is 1. The molecule has 0 aromatic rings. The lowest BCUT2D eigenvalue weighted by Crippen LogP contribution is -2.46. The fraction of sp³-hybridized carbons (Fsp3) is 0.762. The largest absolute Gasteiger partial charge is 0.359 e. The van der Waals surface area contributed by atoms with Gasteiger partial charge in [0.1, 0.15) is 12.6 Å². The van der Waals surface area contributed by atoms with Crippen molar-refractivity contribution in [2.75, 3.05) is 13.9 Å². The highest BCUT2D eigenvalue weighted by atomic mass is 16.7. The van der Waals surface area contributed by atoms with Gasteiger partial charge in [-0.2, -0.15) is 0 Å². The van der Waals surface area contributed by atoms with Crippen molar-refractivity contribution in [1.82, 2.24) is 0 Å². The van der Waals surface area contributed by atoms with Gasteiger partial charge < -0.3 is 9.47 Å². The Kier molecular flexibility index (Phi) is 4.00. The minimum atomic E-state index is -0.0805. The lowest BCUT2D eigenvalue weighted by Gasteiger charge is -2.53. The Morgan fingerprint density at radius 3 is 2.62 bits per heavy atom. The first-order chi connectivity index (χ1) is 11.5. The van der Waals surface area contributed by atoms with Gasteiger partial charge in [0, 0.05) is 18.9 Å². The quantitative estimate of drug-likeness (QED) is 0.718. The predicted octanol–water partition coefficient (Wildman–Crippen LogP) is 4.43. The van der Waals surface area contributed by atoms with Gasteiger partial charge in [0.05, 0.1) is 6.10 Å². The van der Waals surface area contributed by atoms with Crippen molar-refractivity contribution in [2.24, 2.45) is 22.7 Å². The number of methoxy groups -OCH3 is 1. The summed E-state index contributed by atoms with van der Waals surface area (Å²) in [6.07, 6.45) is 12.5. The number of carbonyl (C=O) groups is 1. The first kappa shape index (κ1) is 16.5. The van der Waals surface area contributed by atoms with Gasteiger partial charge in [-0.15, -0.1) is 0 Å². The zero-order chi connectivity index (χ0) is 16.9. The number of hydrogen-bond acceptors (Lipinski definition) is 3. The van der Waals surface area contributed by atoms with Crippen LogP contribution in [0.5, 0.6) is 0 Å². The molecule has 3 fully saturated rings. The molecule has 0 aromatic carbocycles. The molecule has 3 saturated carbocycles. The highest BCUT2D eigenvalue weighted by molar-refractivity contribution is 5.88. The van der Waals surface area contributed by atoms with E-state index in [0.717, 1.165) is 32.1 Å². The van der Waals surface area contributed by atoms with Crippen molar-refractivity contribution < 1.29 is 14.3 Å². The van der Waals surface area contributed by atoms with E-state index < -0.39 is 0 Å². The molecular formula is C21H30O3. The zero-order valence-electron chi connectivity index (χ0n) is 15.3.